The Kier molecular flexibility index (Phi) is 3.23. The van der Waals surface area contributed by atoms with Crippen LogP contribution in [-0.2, 0) is 9.53 Å². The lowest BCUT2D eigenvalue weighted by Gasteiger charge is -2.36. The molecule has 0 aromatic carbocycles. The highest BCUT2D eigenvalue weighted by atomic mass is 16.5. The SMILES string of the molecule is CC(CC(=O)NN)N1CC2CCC(C1)O2. The van der Waals surface area contributed by atoms with Gasteiger partial charge >= 0.3 is 0 Å². The van der Waals surface area contributed by atoms with E-state index >= 15 is 0 Å². The average Bonchev–Trinajstić information content (AvgIpc) is 2.57. The van der Waals surface area contributed by atoms with Crippen molar-refractivity contribution in [1.29, 1.82) is 0 Å². The first-order valence-corrected chi connectivity index (χ1v) is 5.58. The van der Waals surface area contributed by atoms with E-state index in [4.69, 9.17) is 10.6 Å². The number of carbonyl (C=O) groups is 1. The minimum absolute atomic E-state index is 0.0960. The molecule has 2 rings (SSSR count). The van der Waals surface area contributed by atoms with Crippen LogP contribution in [0.5, 0.6) is 0 Å². The molecule has 0 aromatic heterocycles. The summed E-state index contributed by atoms with van der Waals surface area (Å²) in [5.74, 6) is 4.98. The summed E-state index contributed by atoms with van der Waals surface area (Å²) in [6, 6.07) is 0.251. The van der Waals surface area contributed by atoms with Crippen LogP contribution in [0.25, 0.3) is 0 Å². The van der Waals surface area contributed by atoms with Gasteiger partial charge in [0.05, 0.1) is 12.2 Å². The second-order valence-corrected chi connectivity index (χ2v) is 4.53. The normalized spacial score (nSPS) is 32.7. The molecule has 3 atom stereocenters. The monoisotopic (exact) mass is 213 g/mol. The summed E-state index contributed by atoms with van der Waals surface area (Å²) < 4.78 is 5.74. The highest BCUT2D eigenvalue weighted by Crippen LogP contribution is 2.27. The third-order valence-electron chi connectivity index (χ3n) is 3.34. The summed E-state index contributed by atoms with van der Waals surface area (Å²) in [4.78, 5) is 13.5. The number of nitrogens with two attached hydrogens (primary N) is 1. The van der Waals surface area contributed by atoms with Gasteiger partial charge in [-0.1, -0.05) is 0 Å². The van der Waals surface area contributed by atoms with Crippen LogP contribution in [-0.4, -0.2) is 42.1 Å². The summed E-state index contributed by atoms with van der Waals surface area (Å²) in [6.45, 7) is 3.98. The first-order chi connectivity index (χ1) is 7.19. The molecule has 0 radical (unpaired) electrons. The van der Waals surface area contributed by atoms with Crippen LogP contribution in [0.4, 0.5) is 0 Å². The largest absolute Gasteiger partial charge is 0.372 e. The van der Waals surface area contributed by atoms with Crippen molar-refractivity contribution in [2.24, 2.45) is 5.84 Å². The molecule has 2 fully saturated rings. The lowest BCUT2D eigenvalue weighted by atomic mass is 10.1. The summed E-state index contributed by atoms with van der Waals surface area (Å²) in [6.07, 6.45) is 3.56. The van der Waals surface area contributed by atoms with E-state index in [9.17, 15) is 4.79 Å². The topological polar surface area (TPSA) is 67.6 Å². The standard InChI is InChI=1S/C10H19N3O2/c1-7(4-10(14)12-11)13-5-8-2-3-9(6-13)15-8/h7-9H,2-6,11H2,1H3,(H,12,14). The van der Waals surface area contributed by atoms with Gasteiger partial charge < -0.3 is 4.74 Å². The molecular weight excluding hydrogens is 194 g/mol. The van der Waals surface area contributed by atoms with Crippen molar-refractivity contribution >= 4 is 5.91 Å². The van der Waals surface area contributed by atoms with Crippen LogP contribution in [0.2, 0.25) is 0 Å². The molecule has 2 aliphatic rings. The molecule has 0 spiro atoms. The van der Waals surface area contributed by atoms with Gasteiger partial charge in [-0.25, -0.2) is 5.84 Å². The van der Waals surface area contributed by atoms with Crippen LogP contribution in [0.3, 0.4) is 0 Å². The van der Waals surface area contributed by atoms with Gasteiger partial charge in [0, 0.05) is 25.6 Å². The Bertz CT molecular complexity index is 235. The fraction of sp³-hybridized carbons (Fsp3) is 0.900. The van der Waals surface area contributed by atoms with Crippen LogP contribution in [0.1, 0.15) is 26.2 Å². The predicted octanol–water partition coefficient (Wildman–Crippen LogP) is -0.382. The highest BCUT2D eigenvalue weighted by Gasteiger charge is 2.35. The zero-order valence-corrected chi connectivity index (χ0v) is 9.11. The molecule has 1 amide bonds. The van der Waals surface area contributed by atoms with Crippen molar-refractivity contribution in [2.45, 2.75) is 44.4 Å². The summed E-state index contributed by atoms with van der Waals surface area (Å²) in [5.41, 5.74) is 2.18. The number of rotatable bonds is 3. The zero-order valence-electron chi connectivity index (χ0n) is 9.11. The summed E-state index contributed by atoms with van der Waals surface area (Å²) in [5, 5.41) is 0. The number of amides is 1. The van der Waals surface area contributed by atoms with E-state index in [1.165, 1.54) is 0 Å². The van der Waals surface area contributed by atoms with Gasteiger partial charge in [-0.2, -0.15) is 0 Å². The summed E-state index contributed by atoms with van der Waals surface area (Å²) in [7, 11) is 0. The number of carbonyl (C=O) groups excluding carboxylic acids is 1. The second-order valence-electron chi connectivity index (χ2n) is 4.53. The third kappa shape index (κ3) is 2.48. The Morgan fingerprint density at radius 3 is 2.67 bits per heavy atom. The molecule has 0 aromatic rings. The van der Waals surface area contributed by atoms with Crippen molar-refractivity contribution < 1.29 is 9.53 Å². The molecular formula is C10H19N3O2. The smallest absolute Gasteiger partial charge is 0.235 e. The number of hydrogen-bond donors (Lipinski definition) is 2. The van der Waals surface area contributed by atoms with Gasteiger partial charge in [0.25, 0.3) is 0 Å². The molecule has 0 aliphatic carbocycles. The number of likely N-dealkylation sites (tertiary alicyclic amines) is 1. The van der Waals surface area contributed by atoms with Gasteiger partial charge in [-0.05, 0) is 19.8 Å². The Morgan fingerprint density at radius 1 is 1.53 bits per heavy atom. The number of nitrogens with zero attached hydrogens (tertiary/aromatic N) is 1. The molecule has 3 unspecified atom stereocenters. The van der Waals surface area contributed by atoms with E-state index in [-0.39, 0.29) is 11.9 Å². The second kappa shape index (κ2) is 4.47. The van der Waals surface area contributed by atoms with Crippen molar-refractivity contribution in [1.82, 2.24) is 10.3 Å². The molecule has 86 valence electrons. The molecule has 5 heteroatoms. The number of morpholine rings is 1. The first-order valence-electron chi connectivity index (χ1n) is 5.58. The van der Waals surface area contributed by atoms with Crippen molar-refractivity contribution in [3.05, 3.63) is 0 Å². The van der Waals surface area contributed by atoms with Gasteiger partial charge in [0.15, 0.2) is 0 Å². The van der Waals surface area contributed by atoms with E-state index in [1.54, 1.807) is 0 Å². The molecule has 2 heterocycles. The number of ether oxygens (including phenoxy) is 1. The zero-order chi connectivity index (χ0) is 10.8. The fourth-order valence-electron chi connectivity index (χ4n) is 2.46. The number of nitrogens with one attached hydrogen (secondary N) is 1. The number of hydrazine groups is 1. The van der Waals surface area contributed by atoms with E-state index in [1.807, 2.05) is 0 Å². The summed E-state index contributed by atoms with van der Waals surface area (Å²) >= 11 is 0. The Hall–Kier alpha value is -0.650. The van der Waals surface area contributed by atoms with Gasteiger partial charge in [-0.15, -0.1) is 0 Å². The average molecular weight is 213 g/mol. The maximum Gasteiger partial charge on any atom is 0.235 e. The Labute approximate surface area is 89.9 Å². The Morgan fingerprint density at radius 2 is 2.13 bits per heavy atom. The van der Waals surface area contributed by atoms with Crippen molar-refractivity contribution in [2.75, 3.05) is 13.1 Å². The quantitative estimate of drug-likeness (QED) is 0.381. The van der Waals surface area contributed by atoms with Crippen LogP contribution in [0, 0.1) is 0 Å². The van der Waals surface area contributed by atoms with Gasteiger partial charge in [-0.3, -0.25) is 15.1 Å². The Balaban J connectivity index is 1.85. The fourth-order valence-corrected chi connectivity index (χ4v) is 2.46. The van der Waals surface area contributed by atoms with Crippen LogP contribution in [0.15, 0.2) is 0 Å². The van der Waals surface area contributed by atoms with E-state index in [0.29, 0.717) is 18.6 Å². The molecule has 15 heavy (non-hydrogen) atoms. The maximum atomic E-state index is 11.1. The molecule has 0 saturated carbocycles. The lowest BCUT2D eigenvalue weighted by molar-refractivity contribution is -0.123. The van der Waals surface area contributed by atoms with Gasteiger partial charge in [0.2, 0.25) is 5.91 Å². The van der Waals surface area contributed by atoms with Crippen LogP contribution < -0.4 is 11.3 Å². The van der Waals surface area contributed by atoms with E-state index in [0.717, 1.165) is 25.9 Å². The molecule has 2 saturated heterocycles. The first kappa shape index (κ1) is 10.9. The number of fused-ring (bicyclic) bond motifs is 2. The highest BCUT2D eigenvalue weighted by molar-refractivity contribution is 5.75. The van der Waals surface area contributed by atoms with E-state index < -0.39 is 0 Å². The minimum Gasteiger partial charge on any atom is -0.372 e. The van der Waals surface area contributed by atoms with Gasteiger partial charge in [0.1, 0.15) is 0 Å². The lowest BCUT2D eigenvalue weighted by Crippen LogP contribution is -2.48. The van der Waals surface area contributed by atoms with Crippen LogP contribution >= 0.6 is 0 Å². The van der Waals surface area contributed by atoms with Crippen molar-refractivity contribution in [3.63, 3.8) is 0 Å². The van der Waals surface area contributed by atoms with Crippen molar-refractivity contribution in [3.8, 4) is 0 Å². The van der Waals surface area contributed by atoms with E-state index in [2.05, 4.69) is 17.2 Å². The maximum absolute atomic E-state index is 11.1. The predicted molar refractivity (Wildman–Crippen MR) is 55.9 cm³/mol. The number of hydrogen-bond acceptors (Lipinski definition) is 4. The molecule has 3 N–H and O–H groups in total. The molecule has 2 bridgehead atoms. The molecule has 5 nitrogen and oxygen atoms in total. The third-order valence-corrected chi connectivity index (χ3v) is 3.34. The minimum atomic E-state index is -0.0960. The molecule has 2 aliphatic heterocycles.